The van der Waals surface area contributed by atoms with Gasteiger partial charge in [-0.2, -0.15) is 0 Å². The molecule has 2 N–H and O–H groups in total. The summed E-state index contributed by atoms with van der Waals surface area (Å²) in [5, 5.41) is 2.57. The highest BCUT2D eigenvalue weighted by atomic mass is 14.7. The fourth-order valence-electron chi connectivity index (χ4n) is 2.21. The Labute approximate surface area is 165 Å². The van der Waals surface area contributed by atoms with Gasteiger partial charge in [-0.05, 0) is 53.8 Å². The van der Waals surface area contributed by atoms with Crippen LogP contribution in [-0.4, -0.2) is 9.97 Å². The molecule has 0 unspecified atom stereocenters. The first-order valence-corrected chi connectivity index (χ1v) is 9.86. The monoisotopic (exact) mass is 364 g/mol. The third-order valence-electron chi connectivity index (χ3n) is 3.13. The Bertz CT molecular complexity index is 807. The second-order valence-corrected chi connectivity index (χ2v) is 8.07. The fraction of sp³-hybridized carbons (Fsp3) is 0.360. The number of benzene rings is 2. The zero-order valence-electron chi connectivity index (χ0n) is 18.0. The molecule has 0 radical (unpaired) electrons. The Morgan fingerprint density at radius 3 is 1.63 bits per heavy atom. The molecule has 0 bridgehead atoms. The molecule has 146 valence electrons. The molecular formula is C25H36N2. The molecule has 0 atom stereocenters. The van der Waals surface area contributed by atoms with Gasteiger partial charge in [0.15, 0.2) is 0 Å². The van der Waals surface area contributed by atoms with E-state index in [1.54, 1.807) is 0 Å². The third-order valence-corrected chi connectivity index (χ3v) is 3.13. The number of aromatic amines is 2. The first-order valence-electron chi connectivity index (χ1n) is 9.86. The second-order valence-electron chi connectivity index (χ2n) is 8.07. The van der Waals surface area contributed by atoms with Crippen molar-refractivity contribution in [2.75, 3.05) is 0 Å². The van der Waals surface area contributed by atoms with Crippen molar-refractivity contribution >= 4 is 21.8 Å². The number of aryl methyl sites for hydroxylation is 1. The number of H-pyrrole nitrogens is 2. The van der Waals surface area contributed by atoms with E-state index in [4.69, 9.17) is 0 Å². The summed E-state index contributed by atoms with van der Waals surface area (Å²) in [7, 11) is 0. The quantitative estimate of drug-likeness (QED) is 0.317. The van der Waals surface area contributed by atoms with Crippen molar-refractivity contribution in [2.24, 2.45) is 11.8 Å². The molecule has 2 nitrogen and oxygen atoms in total. The minimum Gasteiger partial charge on any atom is -0.361 e. The Kier molecular flexibility index (Phi) is 10.0. The van der Waals surface area contributed by atoms with Crippen molar-refractivity contribution < 1.29 is 0 Å². The maximum absolute atomic E-state index is 3.26. The number of fused-ring (bicyclic) bond motifs is 2. The van der Waals surface area contributed by atoms with Gasteiger partial charge in [0.05, 0.1) is 0 Å². The Hall–Kier alpha value is -2.48. The molecule has 27 heavy (non-hydrogen) atoms. The van der Waals surface area contributed by atoms with Crippen LogP contribution in [-0.2, 0) is 0 Å². The molecule has 0 aliphatic carbocycles. The smallest absolute Gasteiger partial charge is 0.0455 e. The topological polar surface area (TPSA) is 31.6 Å². The number of hydrogen-bond acceptors (Lipinski definition) is 0. The van der Waals surface area contributed by atoms with E-state index in [0.29, 0.717) is 0 Å². The van der Waals surface area contributed by atoms with E-state index in [1.165, 1.54) is 27.5 Å². The van der Waals surface area contributed by atoms with Crippen LogP contribution in [0.2, 0.25) is 0 Å². The maximum atomic E-state index is 3.26. The molecule has 4 rings (SSSR count). The van der Waals surface area contributed by atoms with Crippen LogP contribution in [0.1, 0.15) is 47.2 Å². The van der Waals surface area contributed by atoms with Gasteiger partial charge in [0.2, 0.25) is 0 Å². The maximum Gasteiger partial charge on any atom is 0.0455 e. The summed E-state index contributed by atoms with van der Waals surface area (Å²) in [4.78, 5) is 6.38. The lowest BCUT2D eigenvalue weighted by Gasteiger charge is -1.83. The van der Waals surface area contributed by atoms with Crippen LogP contribution in [0.25, 0.3) is 21.8 Å². The molecule has 0 aliphatic rings. The van der Waals surface area contributed by atoms with Crippen molar-refractivity contribution in [1.29, 1.82) is 0 Å². The van der Waals surface area contributed by atoms with E-state index in [9.17, 15) is 0 Å². The van der Waals surface area contributed by atoms with Gasteiger partial charge < -0.3 is 9.97 Å². The van der Waals surface area contributed by atoms with Gasteiger partial charge in [-0.3, -0.25) is 0 Å². The highest BCUT2D eigenvalue weighted by molar-refractivity contribution is 5.80. The fourth-order valence-corrected chi connectivity index (χ4v) is 2.21. The van der Waals surface area contributed by atoms with Crippen LogP contribution < -0.4 is 0 Å². The largest absolute Gasteiger partial charge is 0.361 e. The number of rotatable bonds is 0. The van der Waals surface area contributed by atoms with E-state index in [0.717, 1.165) is 11.8 Å². The van der Waals surface area contributed by atoms with Crippen LogP contribution in [0.15, 0.2) is 66.9 Å². The number of hydrogen-bond donors (Lipinski definition) is 2. The zero-order valence-corrected chi connectivity index (χ0v) is 18.0. The summed E-state index contributed by atoms with van der Waals surface area (Å²) in [6.07, 6.45) is 1.95. The number of aromatic nitrogens is 2. The van der Waals surface area contributed by atoms with Gasteiger partial charge in [0.25, 0.3) is 0 Å². The molecule has 2 heteroatoms. The summed E-state index contributed by atoms with van der Waals surface area (Å²) >= 11 is 0. The third kappa shape index (κ3) is 9.69. The molecule has 0 saturated heterocycles. The van der Waals surface area contributed by atoms with Crippen LogP contribution >= 0.6 is 0 Å². The number of para-hydroxylation sites is 2. The summed E-state index contributed by atoms with van der Waals surface area (Å²) in [5.74, 6) is 1.67. The van der Waals surface area contributed by atoms with E-state index in [2.05, 4.69) is 101 Å². The molecule has 4 aromatic rings. The van der Waals surface area contributed by atoms with Gasteiger partial charge in [-0.25, -0.2) is 0 Å². The first-order chi connectivity index (χ1) is 12.8. The Morgan fingerprint density at radius 2 is 1.11 bits per heavy atom. The average Bonchev–Trinajstić information content (AvgIpc) is 3.19. The molecule has 2 aromatic carbocycles. The molecule has 0 aliphatic heterocycles. The molecular weight excluding hydrogens is 328 g/mol. The first kappa shape index (κ1) is 22.6. The predicted octanol–water partition coefficient (Wildman–Crippen LogP) is 7.97. The van der Waals surface area contributed by atoms with Crippen molar-refractivity contribution in [2.45, 2.75) is 48.5 Å². The van der Waals surface area contributed by atoms with E-state index in [1.807, 2.05) is 24.4 Å². The standard InChI is InChI=1S/C9H9N.C8H7N.2C4H10/c1-7-6-8-4-2-3-5-9(8)10-7;1-2-4-8-7(3-1)5-6-9-8;2*1-4(2)3/h2-6,10H,1H3;1-6,9H;2*4H,1-3H3. The van der Waals surface area contributed by atoms with Crippen molar-refractivity contribution in [1.82, 2.24) is 9.97 Å². The van der Waals surface area contributed by atoms with E-state index < -0.39 is 0 Å². The summed E-state index contributed by atoms with van der Waals surface area (Å²) in [5.41, 5.74) is 3.65. The van der Waals surface area contributed by atoms with E-state index in [-0.39, 0.29) is 0 Å². The molecule has 0 amide bonds. The summed E-state index contributed by atoms with van der Waals surface area (Å²) in [6.45, 7) is 15.1. The van der Waals surface area contributed by atoms with Crippen molar-refractivity contribution in [3.63, 3.8) is 0 Å². The summed E-state index contributed by atoms with van der Waals surface area (Å²) in [6, 6.07) is 20.7. The molecule has 0 fully saturated rings. The lowest BCUT2D eigenvalue weighted by Crippen LogP contribution is -1.66. The minimum atomic E-state index is 0.833. The Balaban J connectivity index is 0.000000198. The molecule has 0 saturated carbocycles. The highest BCUT2D eigenvalue weighted by Gasteiger charge is 1.92. The SMILES string of the molecule is CC(C)C.CC(C)C.Cc1cc2ccccc2[nH]1.c1ccc2[nH]ccc2c1. The van der Waals surface area contributed by atoms with Gasteiger partial charge in [-0.1, -0.05) is 77.9 Å². The number of nitrogens with one attached hydrogen (secondary N) is 2. The zero-order chi connectivity index (χ0) is 20.2. The second kappa shape index (κ2) is 12.0. The van der Waals surface area contributed by atoms with Crippen LogP contribution in [0.4, 0.5) is 0 Å². The Morgan fingerprint density at radius 1 is 0.630 bits per heavy atom. The van der Waals surface area contributed by atoms with Crippen LogP contribution in [0, 0.1) is 18.8 Å². The molecule has 0 spiro atoms. The van der Waals surface area contributed by atoms with Crippen LogP contribution in [0.3, 0.4) is 0 Å². The molecule has 2 aromatic heterocycles. The predicted molar refractivity (Wildman–Crippen MR) is 122 cm³/mol. The van der Waals surface area contributed by atoms with Gasteiger partial charge in [0.1, 0.15) is 0 Å². The van der Waals surface area contributed by atoms with Crippen molar-refractivity contribution in [3.05, 3.63) is 72.6 Å². The lowest BCUT2D eigenvalue weighted by molar-refractivity contribution is 0.736. The van der Waals surface area contributed by atoms with E-state index >= 15 is 0 Å². The normalized spacial score (nSPS) is 9.96. The van der Waals surface area contributed by atoms with Gasteiger partial charge in [0, 0.05) is 22.9 Å². The minimum absolute atomic E-state index is 0.833. The summed E-state index contributed by atoms with van der Waals surface area (Å²) < 4.78 is 0. The van der Waals surface area contributed by atoms with Crippen molar-refractivity contribution in [3.8, 4) is 0 Å². The van der Waals surface area contributed by atoms with Crippen LogP contribution in [0.5, 0.6) is 0 Å². The average molecular weight is 365 g/mol. The van der Waals surface area contributed by atoms with Gasteiger partial charge in [-0.15, -0.1) is 0 Å². The lowest BCUT2D eigenvalue weighted by atomic mass is 10.2. The van der Waals surface area contributed by atoms with Gasteiger partial charge >= 0.3 is 0 Å². The highest BCUT2D eigenvalue weighted by Crippen LogP contribution is 2.13. The molecule has 2 heterocycles.